The van der Waals surface area contributed by atoms with Crippen LogP contribution in [0.4, 0.5) is 3.52 Å². The van der Waals surface area contributed by atoms with Crippen LogP contribution >= 0.6 is 0 Å². The van der Waals surface area contributed by atoms with Crippen molar-refractivity contribution in [1.29, 1.82) is 0 Å². The average Bonchev–Trinajstić information content (AvgIpc) is 1.30. The lowest BCUT2D eigenvalue weighted by atomic mass is 10.2. The maximum atomic E-state index is 11.4. The lowest BCUT2D eigenvalue weighted by Gasteiger charge is -2.17. The average molecular weight is 119 g/mol. The molecule has 0 rings (SSSR count). The molecule has 0 atom stereocenters. The summed E-state index contributed by atoms with van der Waals surface area (Å²) in [5.41, 5.74) is -0.288. The topological polar surface area (TPSA) is 9.23 Å². The van der Waals surface area contributed by atoms with Gasteiger partial charge in [-0.25, -0.2) is 0 Å². The zero-order valence-electron chi connectivity index (χ0n) is 4.86. The number of hydrogen-bond acceptors (Lipinski definition) is 1. The van der Waals surface area contributed by atoms with Gasteiger partial charge in [-0.05, 0) is 20.8 Å². The molecule has 0 N–H and O–H groups in total. The zero-order valence-corrected chi connectivity index (χ0v) is 6.02. The molecule has 7 heavy (non-hydrogen) atoms. The highest BCUT2D eigenvalue weighted by molar-refractivity contribution is 6.17. The fourth-order valence-electron chi connectivity index (χ4n) is 0.134. The molecule has 0 amide bonds. The fraction of sp³-hybridized carbons (Fsp3) is 1.00. The number of rotatable bonds is 1. The first-order chi connectivity index (χ1) is 3.06. The third kappa shape index (κ3) is 6.42. The Labute approximate surface area is 50.4 Å². The van der Waals surface area contributed by atoms with Gasteiger partial charge in [-0.2, -0.15) is 0 Å². The standard InChI is InChI=1S/C4H9O.Al.FH/c1-4(2,3)5;;/h1-3H3;;1H/q-1;+2;/p-1. The van der Waals surface area contributed by atoms with Crippen molar-refractivity contribution in [3.63, 3.8) is 0 Å². The summed E-state index contributed by atoms with van der Waals surface area (Å²) < 4.78 is 16.0. The second-order valence-corrected chi connectivity index (χ2v) is 2.73. The highest BCUT2D eigenvalue weighted by Crippen LogP contribution is 2.04. The highest BCUT2D eigenvalue weighted by atomic mass is 27.2. The molecule has 41 valence electrons. The van der Waals surface area contributed by atoms with Crippen LogP contribution in [0.25, 0.3) is 0 Å². The SMILES string of the molecule is CC(C)(C)[O][Al][F]. The van der Waals surface area contributed by atoms with Crippen LogP contribution in [0.15, 0.2) is 0 Å². The lowest BCUT2D eigenvalue weighted by molar-refractivity contribution is 0.126. The summed E-state index contributed by atoms with van der Waals surface area (Å²) in [6.07, 6.45) is 0. The summed E-state index contributed by atoms with van der Waals surface area (Å²) in [7, 11) is 0. The maximum Gasteiger partial charge on any atom is 0.713 e. The van der Waals surface area contributed by atoms with Crippen LogP contribution in [-0.4, -0.2) is 21.6 Å². The first kappa shape index (κ1) is 7.42. The van der Waals surface area contributed by atoms with Gasteiger partial charge < -0.3 is 7.31 Å². The summed E-state index contributed by atoms with van der Waals surface area (Å²) in [4.78, 5) is 0. The van der Waals surface area contributed by atoms with Crippen molar-refractivity contribution in [3.8, 4) is 0 Å². The Bertz CT molecular complexity index is 50.1. The molecule has 0 aliphatic heterocycles. The molecule has 0 aromatic rings. The first-order valence-electron chi connectivity index (χ1n) is 2.16. The van der Waals surface area contributed by atoms with E-state index in [1.54, 1.807) is 0 Å². The van der Waals surface area contributed by atoms with Crippen LogP contribution in [0, 0.1) is 0 Å². The van der Waals surface area contributed by atoms with E-state index in [1.807, 2.05) is 20.8 Å². The number of halogens is 1. The molecule has 0 aromatic heterocycles. The molecule has 0 aromatic carbocycles. The van der Waals surface area contributed by atoms with E-state index in [0.29, 0.717) is 0 Å². The zero-order chi connectivity index (χ0) is 5.91. The van der Waals surface area contributed by atoms with E-state index in [2.05, 4.69) is 3.79 Å². The molecule has 3 heteroatoms. The second-order valence-electron chi connectivity index (χ2n) is 2.32. The molecule has 0 bridgehead atoms. The molecule has 0 spiro atoms. The van der Waals surface area contributed by atoms with Crippen molar-refractivity contribution in [3.05, 3.63) is 0 Å². The molecular weight excluding hydrogens is 110 g/mol. The maximum absolute atomic E-state index is 11.4. The third-order valence-corrected chi connectivity index (χ3v) is 1.19. The third-order valence-electron chi connectivity index (χ3n) is 0.398. The van der Waals surface area contributed by atoms with Gasteiger partial charge in [0.05, 0.1) is 0 Å². The van der Waals surface area contributed by atoms with Gasteiger partial charge in [-0.3, -0.25) is 0 Å². The largest absolute Gasteiger partial charge is 0.713 e. The predicted molar refractivity (Wildman–Crippen MR) is 27.7 cm³/mol. The van der Waals surface area contributed by atoms with Crippen LogP contribution in [0.5, 0.6) is 0 Å². The summed E-state index contributed by atoms with van der Waals surface area (Å²) in [6.45, 7) is 5.50. The van der Waals surface area contributed by atoms with Gasteiger partial charge in [0, 0.05) is 5.60 Å². The van der Waals surface area contributed by atoms with Gasteiger partial charge in [0.25, 0.3) is 0 Å². The summed E-state index contributed by atoms with van der Waals surface area (Å²) in [5, 5.41) is 0. The Kier molecular flexibility index (Phi) is 2.82. The quantitative estimate of drug-likeness (QED) is 0.473. The first-order valence-corrected chi connectivity index (χ1v) is 3.07. The van der Waals surface area contributed by atoms with Gasteiger partial charge in [0.2, 0.25) is 0 Å². The highest BCUT2D eigenvalue weighted by Gasteiger charge is 2.09. The molecule has 1 radical (unpaired) electrons. The van der Waals surface area contributed by atoms with Gasteiger partial charge in [-0.15, -0.1) is 0 Å². The molecule has 0 unspecified atom stereocenters. The minimum Gasteiger partial charge on any atom is -0.477 e. The Balaban J connectivity index is 3.15. The van der Waals surface area contributed by atoms with Crippen molar-refractivity contribution < 1.29 is 7.31 Å². The summed E-state index contributed by atoms with van der Waals surface area (Å²) in [5.74, 6) is 0. The van der Waals surface area contributed by atoms with Crippen LogP contribution in [0.2, 0.25) is 0 Å². The molecule has 0 aliphatic carbocycles. The van der Waals surface area contributed by atoms with Crippen molar-refractivity contribution >= 4 is 16.0 Å². The van der Waals surface area contributed by atoms with Gasteiger partial charge in [0.15, 0.2) is 0 Å². The Morgan fingerprint density at radius 1 is 1.43 bits per heavy atom. The Morgan fingerprint density at radius 2 is 1.86 bits per heavy atom. The van der Waals surface area contributed by atoms with Crippen molar-refractivity contribution in [2.45, 2.75) is 26.4 Å². The smallest absolute Gasteiger partial charge is 0.477 e. The second kappa shape index (κ2) is 2.66. The lowest BCUT2D eigenvalue weighted by Crippen LogP contribution is -2.19. The van der Waals surface area contributed by atoms with Gasteiger partial charge in [0.1, 0.15) is 0 Å². The Hall–Kier alpha value is 0.422. The predicted octanol–water partition coefficient (Wildman–Crippen LogP) is 1.31. The van der Waals surface area contributed by atoms with Crippen LogP contribution in [-0.2, 0) is 3.79 Å². The van der Waals surface area contributed by atoms with Crippen LogP contribution < -0.4 is 0 Å². The van der Waals surface area contributed by atoms with E-state index >= 15 is 0 Å². The Morgan fingerprint density at radius 3 is 1.86 bits per heavy atom. The molecule has 0 aliphatic rings. The van der Waals surface area contributed by atoms with E-state index in [-0.39, 0.29) is 5.60 Å². The minimum atomic E-state index is -1.29. The molecule has 1 nitrogen and oxygen atoms in total. The van der Waals surface area contributed by atoms with E-state index in [4.69, 9.17) is 0 Å². The molecule has 0 fully saturated rings. The van der Waals surface area contributed by atoms with E-state index < -0.39 is 16.0 Å². The van der Waals surface area contributed by atoms with Gasteiger partial charge in [-0.1, -0.05) is 0 Å². The monoisotopic (exact) mass is 119 g/mol. The molecule has 0 heterocycles. The molecule has 0 saturated heterocycles. The molecule has 0 saturated carbocycles. The van der Waals surface area contributed by atoms with Crippen LogP contribution in [0.3, 0.4) is 0 Å². The van der Waals surface area contributed by atoms with E-state index in [1.165, 1.54) is 0 Å². The summed E-state index contributed by atoms with van der Waals surface area (Å²) in [6, 6.07) is 0. The van der Waals surface area contributed by atoms with E-state index in [0.717, 1.165) is 0 Å². The van der Waals surface area contributed by atoms with Crippen molar-refractivity contribution in [2.24, 2.45) is 0 Å². The van der Waals surface area contributed by atoms with Crippen LogP contribution in [0.1, 0.15) is 20.8 Å². The molecular formula is C4H9AlFO. The van der Waals surface area contributed by atoms with Gasteiger partial charge >= 0.3 is 16.0 Å². The number of hydrogen-bond donors (Lipinski definition) is 0. The fourth-order valence-corrected chi connectivity index (χ4v) is 0.401. The van der Waals surface area contributed by atoms with Crippen molar-refractivity contribution in [1.82, 2.24) is 0 Å². The summed E-state index contributed by atoms with van der Waals surface area (Å²) >= 11 is -1.29. The normalized spacial score (nSPS) is 11.4. The van der Waals surface area contributed by atoms with E-state index in [9.17, 15) is 3.52 Å². The van der Waals surface area contributed by atoms with Crippen molar-refractivity contribution in [2.75, 3.05) is 0 Å². The minimum absolute atomic E-state index is 0.288.